The lowest BCUT2D eigenvalue weighted by atomic mass is 10.2. The molecule has 31 heavy (non-hydrogen) atoms. The van der Waals surface area contributed by atoms with Gasteiger partial charge in [-0.1, -0.05) is 6.07 Å². The molecule has 0 saturated heterocycles. The van der Waals surface area contributed by atoms with Gasteiger partial charge in [0.15, 0.2) is 0 Å². The van der Waals surface area contributed by atoms with Gasteiger partial charge >= 0.3 is 5.97 Å². The number of carbonyl (C=O) groups excluding carboxylic acids is 1. The Bertz CT molecular complexity index is 1260. The van der Waals surface area contributed by atoms with Gasteiger partial charge in [0.25, 0.3) is 15.9 Å². The van der Waals surface area contributed by atoms with Gasteiger partial charge in [-0.2, -0.15) is 5.10 Å². The molecule has 0 spiro atoms. The highest BCUT2D eigenvalue weighted by Gasteiger charge is 2.20. The van der Waals surface area contributed by atoms with Gasteiger partial charge < -0.3 is 15.6 Å². The summed E-state index contributed by atoms with van der Waals surface area (Å²) in [4.78, 5) is 21.7. The van der Waals surface area contributed by atoms with Crippen molar-refractivity contribution in [3.8, 4) is 11.4 Å². The molecule has 10 nitrogen and oxygen atoms in total. The molecule has 0 bridgehead atoms. The van der Waals surface area contributed by atoms with Crippen molar-refractivity contribution in [3.63, 3.8) is 0 Å². The van der Waals surface area contributed by atoms with E-state index in [1.165, 1.54) is 54.3 Å². The Morgan fingerprint density at radius 1 is 1.16 bits per heavy atom. The first-order valence-electron chi connectivity index (χ1n) is 8.77. The van der Waals surface area contributed by atoms with Crippen LogP contribution in [0.15, 0.2) is 65.7 Å². The lowest BCUT2D eigenvalue weighted by Crippen LogP contribution is -2.14. The number of carbonyl (C=O) groups is 2. The highest BCUT2D eigenvalue weighted by molar-refractivity contribution is 7.92. The summed E-state index contributed by atoms with van der Waals surface area (Å²) < 4.78 is 34.8. The predicted molar refractivity (Wildman–Crippen MR) is 113 cm³/mol. The van der Waals surface area contributed by atoms with E-state index in [1.807, 2.05) is 0 Å². The quantitative estimate of drug-likeness (QED) is 0.450. The molecule has 0 aliphatic rings. The van der Waals surface area contributed by atoms with Crippen molar-refractivity contribution in [2.45, 2.75) is 4.90 Å². The number of carboxylic acids is 1. The maximum absolute atomic E-state index is 12.9. The smallest absolute Gasteiger partial charge is 0.328 e. The standard InChI is InChI=1S/C20H18N4O6S/c1-30-17-8-2-13(3-9-19(25)26)12-18(17)31(28,29)23-14-4-6-15(7-5-14)24-11-10-16(22-24)20(21)27/h2-12,23H,1H3,(H2,21,27)(H,25,26)/b9-3+. The van der Waals surface area contributed by atoms with E-state index in [0.29, 0.717) is 11.3 Å². The first-order chi connectivity index (χ1) is 14.7. The number of amides is 1. The number of benzene rings is 2. The van der Waals surface area contributed by atoms with Crippen LogP contribution in [0.3, 0.4) is 0 Å². The number of methoxy groups -OCH3 is 1. The Balaban J connectivity index is 1.87. The lowest BCUT2D eigenvalue weighted by Gasteiger charge is -2.13. The molecule has 1 aromatic heterocycles. The number of sulfonamides is 1. The van der Waals surface area contributed by atoms with Gasteiger partial charge in [0.05, 0.1) is 12.8 Å². The number of anilines is 1. The maximum atomic E-state index is 12.9. The molecule has 0 fully saturated rings. The number of rotatable bonds is 8. The molecule has 0 saturated carbocycles. The van der Waals surface area contributed by atoms with Crippen molar-refractivity contribution < 1.29 is 27.9 Å². The molecular weight excluding hydrogens is 424 g/mol. The number of nitrogens with zero attached hydrogens (tertiary/aromatic N) is 2. The van der Waals surface area contributed by atoms with Gasteiger partial charge in [-0.05, 0) is 54.1 Å². The molecule has 2 aromatic carbocycles. The van der Waals surface area contributed by atoms with Gasteiger partial charge in [0.2, 0.25) is 0 Å². The van der Waals surface area contributed by atoms with E-state index in [0.717, 1.165) is 6.08 Å². The highest BCUT2D eigenvalue weighted by atomic mass is 32.2. The topological polar surface area (TPSA) is 154 Å². The van der Waals surface area contributed by atoms with Crippen molar-refractivity contribution in [1.29, 1.82) is 0 Å². The van der Waals surface area contributed by atoms with Gasteiger partial charge in [-0.15, -0.1) is 0 Å². The van der Waals surface area contributed by atoms with Crippen LogP contribution in [-0.2, 0) is 14.8 Å². The number of aromatic nitrogens is 2. The summed E-state index contributed by atoms with van der Waals surface area (Å²) in [7, 11) is -2.71. The third-order valence-electron chi connectivity index (χ3n) is 4.12. The Morgan fingerprint density at radius 3 is 2.45 bits per heavy atom. The minimum atomic E-state index is -4.04. The second kappa shape index (κ2) is 8.71. The van der Waals surface area contributed by atoms with E-state index in [9.17, 15) is 18.0 Å². The zero-order chi connectivity index (χ0) is 22.6. The molecule has 4 N–H and O–H groups in total. The number of aliphatic carboxylic acids is 1. The monoisotopic (exact) mass is 442 g/mol. The van der Waals surface area contributed by atoms with Crippen LogP contribution in [0.2, 0.25) is 0 Å². The fourth-order valence-corrected chi connectivity index (χ4v) is 3.93. The van der Waals surface area contributed by atoms with E-state index in [2.05, 4.69) is 9.82 Å². The van der Waals surface area contributed by atoms with E-state index in [-0.39, 0.29) is 22.0 Å². The first-order valence-corrected chi connectivity index (χ1v) is 10.3. The molecule has 0 radical (unpaired) electrons. The number of carboxylic acid groups (broad SMARTS) is 1. The molecule has 3 aromatic rings. The fraction of sp³-hybridized carbons (Fsp3) is 0.0500. The van der Waals surface area contributed by atoms with Crippen LogP contribution in [0.1, 0.15) is 16.1 Å². The predicted octanol–water partition coefficient (Wildman–Crippen LogP) is 1.88. The number of primary amides is 1. The largest absolute Gasteiger partial charge is 0.495 e. The summed E-state index contributed by atoms with van der Waals surface area (Å²) >= 11 is 0. The molecule has 3 rings (SSSR count). The summed E-state index contributed by atoms with van der Waals surface area (Å²) in [6.07, 6.45) is 3.74. The van der Waals surface area contributed by atoms with Gasteiger partial charge in [-0.3, -0.25) is 9.52 Å². The molecule has 0 unspecified atom stereocenters. The van der Waals surface area contributed by atoms with Crippen LogP contribution < -0.4 is 15.2 Å². The first kappa shape index (κ1) is 21.6. The van der Waals surface area contributed by atoms with Crippen molar-refractivity contribution >= 4 is 33.7 Å². The van der Waals surface area contributed by atoms with E-state index in [4.69, 9.17) is 15.6 Å². The van der Waals surface area contributed by atoms with Crippen molar-refractivity contribution in [2.75, 3.05) is 11.8 Å². The average molecular weight is 442 g/mol. The number of hydrogen-bond acceptors (Lipinski definition) is 6. The Kier molecular flexibility index (Phi) is 6.07. The number of ether oxygens (including phenoxy) is 1. The lowest BCUT2D eigenvalue weighted by molar-refractivity contribution is -0.131. The number of hydrogen-bond donors (Lipinski definition) is 3. The van der Waals surface area contributed by atoms with Crippen LogP contribution in [0.25, 0.3) is 11.8 Å². The minimum Gasteiger partial charge on any atom is -0.495 e. The SMILES string of the molecule is COc1ccc(/C=C/C(=O)O)cc1S(=O)(=O)Nc1ccc(-n2ccc(C(N)=O)n2)cc1. The second-order valence-electron chi connectivity index (χ2n) is 6.24. The Hall–Kier alpha value is -4.12. The van der Waals surface area contributed by atoms with Crippen LogP contribution in [0.5, 0.6) is 5.75 Å². The van der Waals surface area contributed by atoms with Crippen molar-refractivity contribution in [3.05, 3.63) is 72.1 Å². The van der Waals surface area contributed by atoms with Crippen LogP contribution >= 0.6 is 0 Å². The van der Waals surface area contributed by atoms with Gasteiger partial charge in [0, 0.05) is 18.0 Å². The molecular formula is C20H18N4O6S. The van der Waals surface area contributed by atoms with Crippen LogP contribution in [-0.4, -0.2) is 42.3 Å². The third-order valence-corrected chi connectivity index (χ3v) is 5.52. The van der Waals surface area contributed by atoms with Crippen LogP contribution in [0, 0.1) is 0 Å². The van der Waals surface area contributed by atoms with E-state index < -0.39 is 21.9 Å². The Morgan fingerprint density at radius 2 is 1.87 bits per heavy atom. The van der Waals surface area contributed by atoms with Crippen LogP contribution in [0.4, 0.5) is 5.69 Å². The third kappa shape index (κ3) is 5.08. The second-order valence-corrected chi connectivity index (χ2v) is 7.89. The molecule has 0 atom stereocenters. The average Bonchev–Trinajstić information content (AvgIpc) is 3.23. The molecule has 1 amide bonds. The van der Waals surface area contributed by atoms with E-state index in [1.54, 1.807) is 18.3 Å². The number of nitrogens with two attached hydrogens (primary N) is 1. The van der Waals surface area contributed by atoms with E-state index >= 15 is 0 Å². The molecule has 11 heteroatoms. The van der Waals surface area contributed by atoms with Gasteiger partial charge in [0.1, 0.15) is 16.3 Å². The van der Waals surface area contributed by atoms with Gasteiger partial charge in [-0.25, -0.2) is 17.9 Å². The normalized spacial score (nSPS) is 11.4. The minimum absolute atomic E-state index is 0.104. The molecule has 1 heterocycles. The zero-order valence-electron chi connectivity index (χ0n) is 16.2. The summed E-state index contributed by atoms with van der Waals surface area (Å²) in [5.74, 6) is -1.71. The summed E-state index contributed by atoms with van der Waals surface area (Å²) in [6, 6.07) is 12.0. The molecule has 0 aliphatic carbocycles. The molecule has 0 aliphatic heterocycles. The summed E-state index contributed by atoms with van der Waals surface area (Å²) in [5, 5.41) is 12.8. The van der Waals surface area contributed by atoms with Crippen molar-refractivity contribution in [1.82, 2.24) is 9.78 Å². The summed E-state index contributed by atoms with van der Waals surface area (Å²) in [5.41, 5.74) is 6.54. The zero-order valence-corrected chi connectivity index (χ0v) is 17.0. The fourth-order valence-electron chi connectivity index (χ4n) is 2.67. The Labute approximate surface area is 177 Å². The highest BCUT2D eigenvalue weighted by Crippen LogP contribution is 2.27. The van der Waals surface area contributed by atoms with Crippen molar-refractivity contribution in [2.24, 2.45) is 5.73 Å². The summed E-state index contributed by atoms with van der Waals surface area (Å²) in [6.45, 7) is 0. The maximum Gasteiger partial charge on any atom is 0.328 e. The number of nitrogens with one attached hydrogen (secondary N) is 1. The molecule has 160 valence electrons.